The van der Waals surface area contributed by atoms with E-state index < -0.39 is 11.2 Å². The van der Waals surface area contributed by atoms with Crippen LogP contribution >= 0.6 is 0 Å². The van der Waals surface area contributed by atoms with Crippen LogP contribution in [0.25, 0.3) is 0 Å². The van der Waals surface area contributed by atoms with Crippen LogP contribution in [-0.4, -0.2) is 59.0 Å². The molecule has 0 saturated carbocycles. The zero-order valence-corrected chi connectivity index (χ0v) is 11.8. The topological polar surface area (TPSA) is 79.0 Å². The lowest BCUT2D eigenvalue weighted by Crippen LogP contribution is -2.53. The molecule has 0 radical (unpaired) electrons. The number of piperidine rings is 1. The third-order valence-corrected chi connectivity index (χ3v) is 2.89. The molecule has 106 valence electrons. The Morgan fingerprint density at radius 1 is 1.44 bits per heavy atom. The molecule has 0 aromatic heterocycles. The first kappa shape index (κ1) is 15.2. The maximum absolute atomic E-state index is 11.8. The van der Waals surface area contributed by atoms with E-state index in [1.807, 2.05) is 20.8 Å². The fraction of sp³-hybridized carbons (Fsp3) is 0.917. The van der Waals surface area contributed by atoms with Crippen molar-refractivity contribution in [2.45, 2.75) is 44.8 Å². The molecule has 0 aliphatic carbocycles. The van der Waals surface area contributed by atoms with Gasteiger partial charge >= 0.3 is 6.09 Å². The van der Waals surface area contributed by atoms with Gasteiger partial charge in [-0.3, -0.25) is 5.84 Å². The van der Waals surface area contributed by atoms with Crippen LogP contribution in [0.1, 0.15) is 33.6 Å². The molecule has 18 heavy (non-hydrogen) atoms. The monoisotopic (exact) mass is 259 g/mol. The molecule has 0 aromatic carbocycles. The van der Waals surface area contributed by atoms with E-state index in [2.05, 4.69) is 0 Å². The molecule has 1 aliphatic rings. The third kappa shape index (κ3) is 4.80. The molecule has 3 N–H and O–H groups in total. The predicted molar refractivity (Wildman–Crippen MR) is 68.8 cm³/mol. The molecule has 6 nitrogen and oxygen atoms in total. The van der Waals surface area contributed by atoms with Gasteiger partial charge in [-0.15, -0.1) is 0 Å². The maximum Gasteiger partial charge on any atom is 0.410 e. The van der Waals surface area contributed by atoms with Gasteiger partial charge in [0.25, 0.3) is 0 Å². The Morgan fingerprint density at radius 2 is 1.94 bits per heavy atom. The summed E-state index contributed by atoms with van der Waals surface area (Å²) in [7, 11) is 1.72. The van der Waals surface area contributed by atoms with Gasteiger partial charge in [0.15, 0.2) is 0 Å². The number of likely N-dealkylation sites (tertiary alicyclic amines) is 1. The minimum absolute atomic E-state index is 0.314. The second-order valence-corrected chi connectivity index (χ2v) is 6.11. The minimum Gasteiger partial charge on any atom is -0.444 e. The van der Waals surface area contributed by atoms with Crippen molar-refractivity contribution in [2.24, 2.45) is 5.84 Å². The smallest absolute Gasteiger partial charge is 0.410 e. The molecule has 0 spiro atoms. The lowest BCUT2D eigenvalue weighted by Gasteiger charge is -2.39. The number of likely N-dealkylation sites (N-methyl/N-ethyl adjacent to an activating group) is 1. The first-order valence-corrected chi connectivity index (χ1v) is 6.27. The molecule has 1 rings (SSSR count). The second kappa shape index (κ2) is 5.42. The van der Waals surface area contributed by atoms with E-state index in [4.69, 9.17) is 10.6 Å². The lowest BCUT2D eigenvalue weighted by molar-refractivity contribution is -0.0467. The average Bonchev–Trinajstić information content (AvgIpc) is 2.13. The summed E-state index contributed by atoms with van der Waals surface area (Å²) in [5.41, 5.74) is -1.29. The third-order valence-electron chi connectivity index (χ3n) is 2.89. The highest BCUT2D eigenvalue weighted by molar-refractivity contribution is 5.68. The van der Waals surface area contributed by atoms with Crippen LogP contribution in [0.2, 0.25) is 0 Å². The first-order valence-electron chi connectivity index (χ1n) is 6.27. The van der Waals surface area contributed by atoms with E-state index in [9.17, 15) is 9.90 Å². The Morgan fingerprint density at radius 3 is 2.33 bits per heavy atom. The Kier molecular flexibility index (Phi) is 4.58. The van der Waals surface area contributed by atoms with Gasteiger partial charge in [0.2, 0.25) is 0 Å². The second-order valence-electron chi connectivity index (χ2n) is 6.11. The largest absolute Gasteiger partial charge is 0.444 e. The summed E-state index contributed by atoms with van der Waals surface area (Å²) < 4.78 is 5.30. The predicted octanol–water partition coefficient (Wildman–Crippen LogP) is 0.554. The van der Waals surface area contributed by atoms with Gasteiger partial charge in [0.05, 0.1) is 5.60 Å². The van der Waals surface area contributed by atoms with Crippen LogP contribution in [0.3, 0.4) is 0 Å². The molecule has 6 heteroatoms. The molecule has 1 fully saturated rings. The van der Waals surface area contributed by atoms with Gasteiger partial charge in [0.1, 0.15) is 5.60 Å². The van der Waals surface area contributed by atoms with Crippen LogP contribution in [-0.2, 0) is 4.74 Å². The van der Waals surface area contributed by atoms with Gasteiger partial charge in [0, 0.05) is 26.7 Å². The van der Waals surface area contributed by atoms with Gasteiger partial charge in [-0.05, 0) is 33.6 Å². The number of aliphatic hydroxyl groups is 1. The molecule has 1 aliphatic heterocycles. The number of hydrogen-bond acceptors (Lipinski definition) is 5. The highest BCUT2D eigenvalue weighted by Crippen LogP contribution is 2.23. The van der Waals surface area contributed by atoms with E-state index in [0.29, 0.717) is 32.5 Å². The van der Waals surface area contributed by atoms with Gasteiger partial charge in [-0.2, -0.15) is 0 Å². The molecule has 1 saturated heterocycles. The zero-order chi connectivity index (χ0) is 14.0. The summed E-state index contributed by atoms with van der Waals surface area (Å²) in [5.74, 6) is 5.55. The fourth-order valence-corrected chi connectivity index (χ4v) is 2.05. The van der Waals surface area contributed by atoms with Crippen LogP contribution in [0.4, 0.5) is 4.79 Å². The van der Waals surface area contributed by atoms with Crippen LogP contribution in [0, 0.1) is 0 Å². The Labute approximate surface area is 109 Å². The van der Waals surface area contributed by atoms with Gasteiger partial charge in [-0.1, -0.05) is 0 Å². The fourth-order valence-electron chi connectivity index (χ4n) is 2.05. The average molecular weight is 259 g/mol. The van der Waals surface area contributed by atoms with E-state index in [1.165, 1.54) is 5.01 Å². The normalized spacial score (nSPS) is 20.1. The van der Waals surface area contributed by atoms with Crippen molar-refractivity contribution < 1.29 is 14.6 Å². The number of hydrazine groups is 1. The number of nitrogens with two attached hydrogens (primary N) is 1. The molecular formula is C12H25N3O3. The summed E-state index contributed by atoms with van der Waals surface area (Å²) in [6.07, 6.45) is 0.729. The van der Waals surface area contributed by atoms with Crippen molar-refractivity contribution in [3.63, 3.8) is 0 Å². The summed E-state index contributed by atoms with van der Waals surface area (Å²) in [5, 5.41) is 11.7. The molecule has 1 amide bonds. The van der Waals surface area contributed by atoms with Crippen molar-refractivity contribution in [3.05, 3.63) is 0 Å². The van der Waals surface area contributed by atoms with Crippen molar-refractivity contribution >= 4 is 6.09 Å². The number of hydrogen-bond donors (Lipinski definition) is 2. The highest BCUT2D eigenvalue weighted by Gasteiger charge is 2.35. The number of carbonyl (C=O) groups excluding carboxylic acids is 1. The van der Waals surface area contributed by atoms with Crippen LogP contribution in [0.5, 0.6) is 0 Å². The zero-order valence-electron chi connectivity index (χ0n) is 11.8. The molecule has 0 atom stereocenters. The van der Waals surface area contributed by atoms with Crippen LogP contribution < -0.4 is 5.84 Å². The van der Waals surface area contributed by atoms with Crippen LogP contribution in [0.15, 0.2) is 0 Å². The number of nitrogens with zero attached hydrogens (tertiary/aromatic N) is 2. The number of rotatable bonds is 2. The number of amides is 1. The Bertz CT molecular complexity index is 291. The molecule has 0 unspecified atom stereocenters. The summed E-state index contributed by atoms with van der Waals surface area (Å²) >= 11 is 0. The maximum atomic E-state index is 11.8. The SMILES string of the molecule is CN(N)CC1(O)CCN(C(=O)OC(C)(C)C)CC1. The standard InChI is InChI=1S/C12H25N3O3/c1-11(2,3)18-10(16)15-7-5-12(17,6-8-15)9-14(4)13/h17H,5-9,13H2,1-4H3. The lowest BCUT2D eigenvalue weighted by atomic mass is 9.91. The quantitative estimate of drug-likeness (QED) is 0.559. The van der Waals surface area contributed by atoms with Crippen molar-refractivity contribution in [3.8, 4) is 0 Å². The Hall–Kier alpha value is -0.850. The minimum atomic E-state index is -0.804. The van der Waals surface area contributed by atoms with E-state index in [0.717, 1.165) is 0 Å². The van der Waals surface area contributed by atoms with E-state index in [-0.39, 0.29) is 6.09 Å². The van der Waals surface area contributed by atoms with Gasteiger partial charge < -0.3 is 14.7 Å². The van der Waals surface area contributed by atoms with E-state index in [1.54, 1.807) is 11.9 Å². The van der Waals surface area contributed by atoms with Gasteiger partial charge in [-0.25, -0.2) is 9.80 Å². The van der Waals surface area contributed by atoms with E-state index >= 15 is 0 Å². The van der Waals surface area contributed by atoms with Crippen molar-refractivity contribution in [1.29, 1.82) is 0 Å². The number of ether oxygens (including phenoxy) is 1. The Balaban J connectivity index is 2.46. The number of carbonyl (C=O) groups is 1. The molecule has 0 aromatic rings. The van der Waals surface area contributed by atoms with Crippen molar-refractivity contribution in [1.82, 2.24) is 9.91 Å². The first-order chi connectivity index (χ1) is 8.11. The molecular weight excluding hydrogens is 234 g/mol. The molecule has 0 bridgehead atoms. The summed E-state index contributed by atoms with van der Waals surface area (Å²) in [4.78, 5) is 13.5. The summed E-state index contributed by atoms with van der Waals surface area (Å²) in [6, 6.07) is 0. The summed E-state index contributed by atoms with van der Waals surface area (Å²) in [6.45, 7) is 6.94. The van der Waals surface area contributed by atoms with Crippen molar-refractivity contribution in [2.75, 3.05) is 26.7 Å². The molecule has 1 heterocycles. The highest BCUT2D eigenvalue weighted by atomic mass is 16.6.